The van der Waals surface area contributed by atoms with E-state index in [-0.39, 0.29) is 36.9 Å². The minimum Gasteiger partial charge on any atom is -0.396 e. The first-order valence-corrected chi connectivity index (χ1v) is 12.6. The van der Waals surface area contributed by atoms with Crippen LogP contribution in [0, 0.1) is 0 Å². The number of aliphatic hydroxyl groups excluding tert-OH is 1. The van der Waals surface area contributed by atoms with E-state index in [1.165, 1.54) is 16.7 Å². The fraction of sp³-hybridized carbons (Fsp3) is 0.435. The van der Waals surface area contributed by atoms with Gasteiger partial charge in [0.25, 0.3) is 17.4 Å². The number of aromatic nitrogens is 1. The molecule has 0 radical (unpaired) electrons. The van der Waals surface area contributed by atoms with Gasteiger partial charge < -0.3 is 19.9 Å². The Bertz CT molecular complexity index is 1140. The Kier molecular flexibility index (Phi) is 7.02. The number of hydrogen-bond acceptors (Lipinski definition) is 5. The van der Waals surface area contributed by atoms with E-state index in [0.717, 1.165) is 18.4 Å². The maximum Gasteiger partial charge on any atom is 0.270 e. The van der Waals surface area contributed by atoms with Crippen LogP contribution in [0.25, 0.3) is 0 Å². The lowest BCUT2D eigenvalue weighted by atomic mass is 10.1. The standard InChI is InChI=1S/C23H26ClN3O5S/c24-17-4-2-16(3-5-17)14-25-20(29)18-6-7-19-22(31)26(10-11-27(19)21(18)30)15-23(8-9-23)33(32)13-1-12-28/h2-7,28H,1,8-15H2,(H,25,29). The second-order valence-electron chi connectivity index (χ2n) is 8.43. The minimum atomic E-state index is -1.11. The summed E-state index contributed by atoms with van der Waals surface area (Å²) in [5, 5.41) is 12.3. The fourth-order valence-electron chi connectivity index (χ4n) is 4.03. The van der Waals surface area contributed by atoms with Gasteiger partial charge >= 0.3 is 0 Å². The predicted molar refractivity (Wildman–Crippen MR) is 126 cm³/mol. The molecule has 2 aromatic rings. The van der Waals surface area contributed by atoms with Crippen molar-refractivity contribution >= 4 is 34.2 Å². The predicted octanol–water partition coefficient (Wildman–Crippen LogP) is 1.55. The second-order valence-corrected chi connectivity index (χ2v) is 10.8. The van der Waals surface area contributed by atoms with Crippen molar-refractivity contribution in [1.82, 2.24) is 14.8 Å². The number of benzene rings is 1. The molecule has 10 heteroatoms. The van der Waals surface area contributed by atoms with Crippen LogP contribution < -0.4 is 10.9 Å². The normalized spacial score (nSPS) is 17.4. The average Bonchev–Trinajstić information content (AvgIpc) is 3.60. The van der Waals surface area contributed by atoms with Crippen molar-refractivity contribution < 1.29 is 18.9 Å². The van der Waals surface area contributed by atoms with Crippen LogP contribution in [0.1, 0.15) is 45.7 Å². The lowest BCUT2D eigenvalue weighted by Gasteiger charge is -2.32. The SMILES string of the molecule is O=C(NCc1ccc(Cl)cc1)c1ccc2n(c1=O)CCN(CC1(S(=O)CCCO)CC1)C2=O. The summed E-state index contributed by atoms with van der Waals surface area (Å²) in [5.41, 5.74) is 0.568. The molecule has 2 heterocycles. The Balaban J connectivity index is 1.44. The van der Waals surface area contributed by atoms with Gasteiger partial charge in [0.1, 0.15) is 11.3 Å². The summed E-state index contributed by atoms with van der Waals surface area (Å²) in [6, 6.07) is 9.93. The number of hydrogen-bond donors (Lipinski definition) is 2. The fourth-order valence-corrected chi connectivity index (χ4v) is 5.84. The van der Waals surface area contributed by atoms with Crippen LogP contribution in [0.15, 0.2) is 41.2 Å². The molecule has 8 nitrogen and oxygen atoms in total. The smallest absolute Gasteiger partial charge is 0.270 e. The number of nitrogens with zero attached hydrogens (tertiary/aromatic N) is 2. The summed E-state index contributed by atoms with van der Waals surface area (Å²) in [4.78, 5) is 40.2. The molecule has 1 unspecified atom stereocenters. The molecule has 0 saturated heterocycles. The highest BCUT2D eigenvalue weighted by molar-refractivity contribution is 7.86. The first kappa shape index (κ1) is 23.7. The van der Waals surface area contributed by atoms with Crippen LogP contribution in [0.2, 0.25) is 5.02 Å². The van der Waals surface area contributed by atoms with Crippen molar-refractivity contribution in [2.45, 2.75) is 37.1 Å². The van der Waals surface area contributed by atoms with E-state index in [2.05, 4.69) is 5.32 Å². The van der Waals surface area contributed by atoms with E-state index in [9.17, 15) is 18.6 Å². The summed E-state index contributed by atoms with van der Waals surface area (Å²) < 4.78 is 13.6. The lowest BCUT2D eigenvalue weighted by molar-refractivity contribution is 0.0695. The van der Waals surface area contributed by atoms with Crippen molar-refractivity contribution in [2.75, 3.05) is 25.4 Å². The molecule has 1 saturated carbocycles. The third kappa shape index (κ3) is 5.05. The number of carbonyl (C=O) groups is 2. The van der Waals surface area contributed by atoms with E-state index >= 15 is 0 Å². The average molecular weight is 492 g/mol. The van der Waals surface area contributed by atoms with Crippen molar-refractivity contribution in [3.8, 4) is 0 Å². The summed E-state index contributed by atoms with van der Waals surface area (Å²) in [7, 11) is -1.11. The van der Waals surface area contributed by atoms with Crippen LogP contribution in [0.5, 0.6) is 0 Å². The Morgan fingerprint density at radius 2 is 1.85 bits per heavy atom. The zero-order valence-electron chi connectivity index (χ0n) is 18.1. The van der Waals surface area contributed by atoms with Gasteiger partial charge in [-0.05, 0) is 49.1 Å². The molecule has 2 amide bonds. The number of fused-ring (bicyclic) bond motifs is 1. The molecule has 1 aliphatic heterocycles. The molecule has 1 fully saturated rings. The van der Waals surface area contributed by atoms with E-state index in [4.69, 9.17) is 16.7 Å². The minimum absolute atomic E-state index is 0.00360. The summed E-state index contributed by atoms with van der Waals surface area (Å²) in [6.45, 7) is 1.22. The Morgan fingerprint density at radius 1 is 1.12 bits per heavy atom. The summed E-state index contributed by atoms with van der Waals surface area (Å²) >= 11 is 5.87. The third-order valence-electron chi connectivity index (χ3n) is 6.14. The summed E-state index contributed by atoms with van der Waals surface area (Å²) in [6.07, 6.45) is 2.05. The lowest BCUT2D eigenvalue weighted by Crippen LogP contribution is -2.49. The molecule has 2 N–H and O–H groups in total. The topological polar surface area (TPSA) is 109 Å². The first-order chi connectivity index (χ1) is 15.8. The highest BCUT2D eigenvalue weighted by Crippen LogP contribution is 2.43. The van der Waals surface area contributed by atoms with Crippen LogP contribution in [-0.2, 0) is 23.9 Å². The Hall–Kier alpha value is -2.49. The van der Waals surface area contributed by atoms with Gasteiger partial charge in [0.05, 0.1) is 4.75 Å². The van der Waals surface area contributed by atoms with Gasteiger partial charge in [-0.2, -0.15) is 0 Å². The van der Waals surface area contributed by atoms with Crippen LogP contribution in [0.3, 0.4) is 0 Å². The number of rotatable bonds is 9. The molecule has 0 bridgehead atoms. The number of pyridine rings is 1. The third-order valence-corrected chi connectivity index (χ3v) is 8.56. The van der Waals surface area contributed by atoms with E-state index in [0.29, 0.717) is 30.3 Å². The number of nitrogens with one attached hydrogen (secondary N) is 1. The largest absolute Gasteiger partial charge is 0.396 e. The van der Waals surface area contributed by atoms with Crippen LogP contribution in [0.4, 0.5) is 0 Å². The van der Waals surface area contributed by atoms with E-state index in [1.54, 1.807) is 29.2 Å². The molecule has 1 aromatic heterocycles. The van der Waals surface area contributed by atoms with Crippen molar-refractivity contribution in [1.29, 1.82) is 0 Å². The summed E-state index contributed by atoms with van der Waals surface area (Å²) in [5.74, 6) is -0.378. The molecule has 176 valence electrons. The molecule has 1 aromatic carbocycles. The quantitative estimate of drug-likeness (QED) is 0.553. The van der Waals surface area contributed by atoms with Crippen molar-refractivity contribution in [3.63, 3.8) is 0 Å². The van der Waals surface area contributed by atoms with Crippen LogP contribution >= 0.6 is 11.6 Å². The van der Waals surface area contributed by atoms with E-state index < -0.39 is 27.0 Å². The Labute approximate surface area is 199 Å². The molecular formula is C23H26ClN3O5S. The highest BCUT2D eigenvalue weighted by Gasteiger charge is 2.50. The van der Waals surface area contributed by atoms with Crippen molar-refractivity contribution in [2.24, 2.45) is 0 Å². The number of carbonyl (C=O) groups excluding carboxylic acids is 2. The molecule has 4 rings (SSSR count). The molecular weight excluding hydrogens is 466 g/mol. The van der Waals surface area contributed by atoms with Gasteiger partial charge in [0, 0.05) is 54.4 Å². The van der Waals surface area contributed by atoms with Crippen molar-refractivity contribution in [3.05, 3.63) is 68.6 Å². The molecule has 2 aliphatic rings. The monoisotopic (exact) mass is 491 g/mol. The van der Waals surface area contributed by atoms with Gasteiger partial charge in [-0.15, -0.1) is 0 Å². The molecule has 33 heavy (non-hydrogen) atoms. The first-order valence-electron chi connectivity index (χ1n) is 10.9. The maximum absolute atomic E-state index is 13.0. The maximum atomic E-state index is 13.0. The van der Waals surface area contributed by atoms with Gasteiger partial charge in [0.15, 0.2) is 0 Å². The zero-order chi connectivity index (χ0) is 23.6. The second kappa shape index (κ2) is 9.79. The number of aliphatic hydroxyl groups is 1. The molecule has 1 atom stereocenters. The Morgan fingerprint density at radius 3 is 2.52 bits per heavy atom. The van der Waals surface area contributed by atoms with Gasteiger partial charge in [-0.25, -0.2) is 0 Å². The van der Waals surface area contributed by atoms with Gasteiger partial charge in [-0.3, -0.25) is 18.6 Å². The van der Waals surface area contributed by atoms with Gasteiger partial charge in [-0.1, -0.05) is 23.7 Å². The van der Waals surface area contributed by atoms with Gasteiger partial charge in [0.2, 0.25) is 0 Å². The molecule has 1 aliphatic carbocycles. The zero-order valence-corrected chi connectivity index (χ0v) is 19.7. The highest BCUT2D eigenvalue weighted by atomic mass is 35.5. The number of halogens is 1. The molecule has 0 spiro atoms. The number of amides is 2. The van der Waals surface area contributed by atoms with Crippen LogP contribution in [-0.4, -0.2) is 60.8 Å². The van der Waals surface area contributed by atoms with E-state index in [1.807, 2.05) is 0 Å².